The van der Waals surface area contributed by atoms with Crippen molar-refractivity contribution in [2.24, 2.45) is 27.9 Å². The molecule has 1 fully saturated rings. The summed E-state index contributed by atoms with van der Waals surface area (Å²) in [6, 6.07) is 9.65. The Labute approximate surface area is 525 Å². The van der Waals surface area contributed by atoms with Crippen LogP contribution in [0.1, 0.15) is 88.3 Å². The molecule has 1 aliphatic heterocycles. The lowest BCUT2D eigenvalue weighted by Gasteiger charge is -2.32. The topological polar surface area (TPSA) is 514 Å². The van der Waals surface area contributed by atoms with Crippen molar-refractivity contribution in [2.75, 3.05) is 32.7 Å². The number of guanidine groups is 1. The quantitative estimate of drug-likeness (QED) is 0.0147. The van der Waals surface area contributed by atoms with Gasteiger partial charge in [0.1, 0.15) is 60.1 Å². The maximum Gasteiger partial charge on any atom is 0.325 e. The van der Waals surface area contributed by atoms with Crippen LogP contribution in [0.4, 0.5) is 0 Å². The zero-order valence-electron chi connectivity index (χ0n) is 50.8. The maximum atomic E-state index is 14.8. The number of likely N-dealkylation sites (tertiary alicyclic amines) is 1. The number of hydrogen-bond acceptors (Lipinski definition) is 17. The molecule has 4 rings (SSSR count). The first kappa shape index (κ1) is 73.7. The van der Waals surface area contributed by atoms with E-state index >= 15 is 0 Å². The van der Waals surface area contributed by atoms with Crippen LogP contribution in [0.5, 0.6) is 5.75 Å². The molecule has 0 spiro atoms. The number of carboxylic acids is 2. The van der Waals surface area contributed by atoms with E-state index < -0.39 is 151 Å². The van der Waals surface area contributed by atoms with Crippen LogP contribution >= 0.6 is 0 Å². The van der Waals surface area contributed by atoms with Gasteiger partial charge in [0.05, 0.1) is 19.2 Å². The molecule has 1 aliphatic rings. The SMILES string of the molecule is C[C@H](NC(=O)[C@H](CCCCN)NC(=O)[C@@H]1CCCN1C(=O)[C@@H](NC(=O)[C@H](Cc1ccc(O)cc1)NC(=O)[C@H](Cc1ccccc1)NC(=O)[C@H](Cc1ccccc1)NC(=O)CNC(=O)[C@H](CCCN=C(N)N)NC(=O)[C@H](CCC(=O)O)NC(=O)CN)[C@@H](C)O)C(=O)O. The average molecular weight is 1270 g/mol. The van der Waals surface area contributed by atoms with Crippen LogP contribution in [0, 0.1) is 0 Å². The van der Waals surface area contributed by atoms with Crippen molar-refractivity contribution in [1.82, 2.24) is 52.8 Å². The highest BCUT2D eigenvalue weighted by molar-refractivity contribution is 5.99. The van der Waals surface area contributed by atoms with Gasteiger partial charge >= 0.3 is 11.9 Å². The molecule has 21 N–H and O–H groups in total. The predicted molar refractivity (Wildman–Crippen MR) is 329 cm³/mol. The molecular weight excluding hydrogens is 1190 g/mol. The van der Waals surface area contributed by atoms with Gasteiger partial charge in [0.2, 0.25) is 59.1 Å². The van der Waals surface area contributed by atoms with E-state index in [9.17, 15) is 78.0 Å². The minimum Gasteiger partial charge on any atom is -0.508 e. The number of rotatable bonds is 38. The molecule has 10 amide bonds. The number of carbonyl (C=O) groups is 12. The van der Waals surface area contributed by atoms with Crippen molar-refractivity contribution < 1.29 is 78.0 Å². The number of amides is 10. The Morgan fingerprint density at radius 2 is 1.05 bits per heavy atom. The monoisotopic (exact) mass is 1270 g/mol. The Kier molecular flexibility index (Phi) is 30.7. The largest absolute Gasteiger partial charge is 0.508 e. The molecule has 496 valence electrons. The number of aliphatic carboxylic acids is 2. The molecule has 31 nitrogen and oxygen atoms in total. The van der Waals surface area contributed by atoms with Gasteiger partial charge < -0.3 is 96.1 Å². The van der Waals surface area contributed by atoms with Crippen molar-refractivity contribution in [1.29, 1.82) is 0 Å². The average Bonchev–Trinajstić information content (AvgIpc) is 3.12. The van der Waals surface area contributed by atoms with Crippen LogP contribution in [0.2, 0.25) is 0 Å². The first-order chi connectivity index (χ1) is 43.3. The van der Waals surface area contributed by atoms with Crippen LogP contribution in [0.25, 0.3) is 0 Å². The summed E-state index contributed by atoms with van der Waals surface area (Å²) in [4.78, 5) is 167. The predicted octanol–water partition coefficient (Wildman–Crippen LogP) is -4.10. The second kappa shape index (κ2) is 37.9. The van der Waals surface area contributed by atoms with E-state index in [1.54, 1.807) is 60.7 Å². The Bertz CT molecular complexity index is 2990. The van der Waals surface area contributed by atoms with Crippen LogP contribution in [-0.4, -0.2) is 196 Å². The highest BCUT2D eigenvalue weighted by Crippen LogP contribution is 2.21. The van der Waals surface area contributed by atoms with Gasteiger partial charge in [0.25, 0.3) is 0 Å². The van der Waals surface area contributed by atoms with E-state index in [0.29, 0.717) is 36.0 Å². The second-order valence-electron chi connectivity index (χ2n) is 21.8. The zero-order valence-corrected chi connectivity index (χ0v) is 50.8. The number of aliphatic hydroxyl groups excluding tert-OH is 1. The molecule has 0 bridgehead atoms. The number of carbonyl (C=O) groups excluding carboxylic acids is 10. The summed E-state index contributed by atoms with van der Waals surface area (Å²) in [5.41, 5.74) is 23.4. The number of aliphatic imine (C=N–C) groups is 1. The first-order valence-corrected chi connectivity index (χ1v) is 29.7. The van der Waals surface area contributed by atoms with E-state index in [4.69, 9.17) is 22.9 Å². The molecule has 0 saturated carbocycles. The number of hydrogen-bond donors (Lipinski definition) is 17. The maximum absolute atomic E-state index is 14.8. The summed E-state index contributed by atoms with van der Waals surface area (Å²) >= 11 is 0. The number of unbranched alkanes of at least 4 members (excludes halogenated alkanes) is 1. The van der Waals surface area contributed by atoms with Crippen molar-refractivity contribution in [3.8, 4) is 5.75 Å². The van der Waals surface area contributed by atoms with Gasteiger partial charge in [0, 0.05) is 38.8 Å². The molecule has 31 heteroatoms. The molecule has 1 heterocycles. The van der Waals surface area contributed by atoms with Gasteiger partial charge in [0.15, 0.2) is 5.96 Å². The molecule has 91 heavy (non-hydrogen) atoms. The van der Waals surface area contributed by atoms with E-state index in [1.807, 2.05) is 0 Å². The third-order valence-electron chi connectivity index (χ3n) is 14.5. The third kappa shape index (κ3) is 25.7. The molecular formula is C60H85N15O16. The minimum absolute atomic E-state index is 0.00768. The fourth-order valence-corrected chi connectivity index (χ4v) is 9.64. The van der Waals surface area contributed by atoms with Crippen molar-refractivity contribution in [2.45, 2.75) is 151 Å². The van der Waals surface area contributed by atoms with E-state index in [1.165, 1.54) is 38.1 Å². The smallest absolute Gasteiger partial charge is 0.325 e. The standard InChI is InChI=1S/C60H85N15O16/c1-34(59(90)91)67-52(83)41(17-9-10-26-61)71-57(88)46-19-12-28-75(46)58(89)50(35(2)76)74-56(87)45(31-38-20-22-39(77)23-21-38)73-55(86)44(30-37-15-7-4-8-16-37)72-54(85)43(29-36-13-5-3-6-14-36)69-48(79)33-66-51(82)40(18-11-27-65-60(63)64)70-53(84)42(24-25-49(80)81)68-47(78)32-62/h3-8,13-16,20-23,34-35,40-46,50,76-77H,9-12,17-19,24-33,61-62H2,1-2H3,(H,66,82)(H,67,83)(H,68,78)(H,69,79)(H,70,84)(H,71,88)(H,72,85)(H,73,86)(H,74,87)(H,80,81)(H,90,91)(H4,63,64,65)/t34-,35+,40-,41-,42-,43-,44-,45-,46-,50-/m0/s1. The lowest BCUT2D eigenvalue weighted by atomic mass is 10.0. The molecule has 1 saturated heterocycles. The first-order valence-electron chi connectivity index (χ1n) is 29.7. The van der Waals surface area contributed by atoms with Crippen molar-refractivity contribution in [3.63, 3.8) is 0 Å². The number of carboxylic acid groups (broad SMARTS) is 2. The summed E-state index contributed by atoms with van der Waals surface area (Å²) in [7, 11) is 0. The number of nitrogens with two attached hydrogens (primary N) is 4. The van der Waals surface area contributed by atoms with Gasteiger partial charge in [-0.3, -0.25) is 62.5 Å². The molecule has 3 aromatic rings. The number of phenolic OH excluding ortho intramolecular Hbond substituents is 1. The normalized spacial score (nSPS) is 15.6. The fraction of sp³-hybridized carbons (Fsp3) is 0.483. The molecule has 0 aromatic heterocycles. The van der Waals surface area contributed by atoms with Crippen molar-refractivity contribution in [3.05, 3.63) is 102 Å². The summed E-state index contributed by atoms with van der Waals surface area (Å²) in [6.45, 7) is 1.45. The molecule has 0 radical (unpaired) electrons. The summed E-state index contributed by atoms with van der Waals surface area (Å²) in [6.07, 6.45) is -1.79. The van der Waals surface area contributed by atoms with Gasteiger partial charge in [-0.05, 0) is 101 Å². The van der Waals surface area contributed by atoms with Crippen LogP contribution < -0.4 is 70.8 Å². The summed E-state index contributed by atoms with van der Waals surface area (Å²) in [5.74, 6) is -11.8. The molecule has 0 unspecified atom stereocenters. The van der Waals surface area contributed by atoms with Gasteiger partial charge in [-0.2, -0.15) is 0 Å². The Morgan fingerprint density at radius 1 is 0.571 bits per heavy atom. The number of benzene rings is 3. The second-order valence-corrected chi connectivity index (χ2v) is 21.8. The summed E-state index contributed by atoms with van der Waals surface area (Å²) < 4.78 is 0. The Morgan fingerprint density at radius 3 is 1.58 bits per heavy atom. The zero-order chi connectivity index (χ0) is 67.2. The molecule has 10 atom stereocenters. The molecule has 3 aromatic carbocycles. The lowest BCUT2D eigenvalue weighted by Crippen LogP contribution is -2.62. The van der Waals surface area contributed by atoms with Gasteiger partial charge in [-0.15, -0.1) is 0 Å². The number of aliphatic hydroxyl groups is 1. The van der Waals surface area contributed by atoms with E-state index in [2.05, 4.69) is 52.8 Å². The van der Waals surface area contributed by atoms with Crippen LogP contribution in [0.15, 0.2) is 89.9 Å². The lowest BCUT2D eigenvalue weighted by molar-refractivity contribution is -0.145. The van der Waals surface area contributed by atoms with Crippen molar-refractivity contribution >= 4 is 77.0 Å². The van der Waals surface area contributed by atoms with E-state index in [0.717, 1.165) is 4.90 Å². The fourth-order valence-electron chi connectivity index (χ4n) is 9.64. The number of phenols is 1. The Balaban J connectivity index is 1.62. The number of nitrogens with zero attached hydrogens (tertiary/aromatic N) is 2. The minimum atomic E-state index is -1.73. The number of aromatic hydroxyl groups is 1. The van der Waals surface area contributed by atoms with E-state index in [-0.39, 0.29) is 82.7 Å². The Hall–Kier alpha value is -9.75. The highest BCUT2D eigenvalue weighted by atomic mass is 16.4. The van der Waals surface area contributed by atoms with Crippen LogP contribution in [0.3, 0.4) is 0 Å². The number of nitrogens with one attached hydrogen (secondary N) is 9. The van der Waals surface area contributed by atoms with Gasteiger partial charge in [-0.25, -0.2) is 0 Å². The highest BCUT2D eigenvalue weighted by Gasteiger charge is 2.42. The van der Waals surface area contributed by atoms with Gasteiger partial charge in [-0.1, -0.05) is 72.8 Å². The summed E-state index contributed by atoms with van der Waals surface area (Å²) in [5, 5.41) is 62.7. The molecule has 0 aliphatic carbocycles. The third-order valence-corrected chi connectivity index (χ3v) is 14.5. The van der Waals surface area contributed by atoms with Crippen LogP contribution in [-0.2, 0) is 76.8 Å².